The third kappa shape index (κ3) is 4.02. The highest BCUT2D eigenvalue weighted by Crippen LogP contribution is 2.18. The standard InChI is InChI=1S/C17H12N8O7/c26-15-10-23(18-7-14-5-6-16(32-14)25(30)31)17(27)21(15)8-11-9-22(20-19-11)12-1-3-13(4-2-12)24(28)29/h1-7,9H,8,10H2/b18-7+. The van der Waals surface area contributed by atoms with Crippen LogP contribution < -0.4 is 0 Å². The first-order chi connectivity index (χ1) is 15.3. The summed E-state index contributed by atoms with van der Waals surface area (Å²) in [5.74, 6) is -0.961. The van der Waals surface area contributed by atoms with Crippen molar-refractivity contribution in [3.63, 3.8) is 0 Å². The molecule has 1 fully saturated rings. The predicted octanol–water partition coefficient (Wildman–Crippen LogP) is 1.47. The van der Waals surface area contributed by atoms with Crippen LogP contribution in [-0.2, 0) is 11.3 Å². The van der Waals surface area contributed by atoms with Crippen LogP contribution in [0.2, 0.25) is 0 Å². The second-order valence-electron chi connectivity index (χ2n) is 6.43. The van der Waals surface area contributed by atoms with Crippen molar-refractivity contribution < 1.29 is 23.9 Å². The predicted molar refractivity (Wildman–Crippen MR) is 104 cm³/mol. The van der Waals surface area contributed by atoms with E-state index in [-0.39, 0.29) is 24.5 Å². The Morgan fingerprint density at radius 3 is 2.50 bits per heavy atom. The quantitative estimate of drug-likeness (QED) is 0.227. The number of furan rings is 1. The smallest absolute Gasteiger partial charge is 0.400 e. The van der Waals surface area contributed by atoms with Crippen molar-refractivity contribution in [2.75, 3.05) is 6.54 Å². The van der Waals surface area contributed by atoms with Crippen molar-refractivity contribution in [3.05, 3.63) is 74.3 Å². The minimum atomic E-state index is -0.715. The van der Waals surface area contributed by atoms with Crippen molar-refractivity contribution >= 4 is 29.7 Å². The molecule has 3 heterocycles. The molecule has 3 amide bonds. The molecular weight excluding hydrogens is 428 g/mol. The molecule has 15 nitrogen and oxygen atoms in total. The maximum atomic E-state index is 12.5. The Balaban J connectivity index is 1.43. The molecule has 15 heteroatoms. The molecule has 0 atom stereocenters. The summed E-state index contributed by atoms with van der Waals surface area (Å²) in [7, 11) is 0. The molecule has 2 aromatic heterocycles. The molecule has 162 valence electrons. The monoisotopic (exact) mass is 440 g/mol. The van der Waals surface area contributed by atoms with E-state index in [9.17, 15) is 29.8 Å². The van der Waals surface area contributed by atoms with Crippen molar-refractivity contribution in [2.45, 2.75) is 6.54 Å². The Kier molecular flexibility index (Phi) is 5.12. The number of hydrogen-bond acceptors (Lipinski definition) is 10. The van der Waals surface area contributed by atoms with Gasteiger partial charge in [-0.25, -0.2) is 14.5 Å². The average Bonchev–Trinajstić information content (AvgIpc) is 3.49. The summed E-state index contributed by atoms with van der Waals surface area (Å²) in [6, 6.07) is 7.33. The minimum absolute atomic E-state index is 0.0430. The third-order valence-corrected chi connectivity index (χ3v) is 4.34. The van der Waals surface area contributed by atoms with Crippen molar-refractivity contribution in [1.82, 2.24) is 24.9 Å². The Hall–Kier alpha value is -4.95. The molecule has 0 radical (unpaired) electrons. The summed E-state index contributed by atoms with van der Waals surface area (Å²) in [5.41, 5.74) is 0.733. The summed E-state index contributed by atoms with van der Waals surface area (Å²) < 4.78 is 6.26. The number of carbonyl (C=O) groups excluding carboxylic acids is 2. The van der Waals surface area contributed by atoms with Gasteiger partial charge >= 0.3 is 11.9 Å². The van der Waals surface area contributed by atoms with E-state index in [1.54, 1.807) is 0 Å². The highest BCUT2D eigenvalue weighted by molar-refractivity contribution is 6.02. The van der Waals surface area contributed by atoms with Gasteiger partial charge in [-0.2, -0.15) is 5.10 Å². The molecule has 0 bridgehead atoms. The van der Waals surface area contributed by atoms with E-state index in [4.69, 9.17) is 4.42 Å². The molecule has 1 aromatic carbocycles. The summed E-state index contributed by atoms with van der Waals surface area (Å²) in [6.45, 7) is -0.489. The number of carbonyl (C=O) groups is 2. The van der Waals surface area contributed by atoms with E-state index in [1.165, 1.54) is 41.2 Å². The van der Waals surface area contributed by atoms with Gasteiger partial charge in [0, 0.05) is 12.1 Å². The first-order valence-electron chi connectivity index (χ1n) is 8.88. The molecule has 0 saturated carbocycles. The van der Waals surface area contributed by atoms with E-state index >= 15 is 0 Å². The lowest BCUT2D eigenvalue weighted by molar-refractivity contribution is -0.402. The van der Waals surface area contributed by atoms with Gasteiger partial charge in [-0.1, -0.05) is 5.21 Å². The molecule has 1 aliphatic heterocycles. The number of aromatic nitrogens is 3. The van der Waals surface area contributed by atoms with Crippen molar-refractivity contribution in [3.8, 4) is 5.69 Å². The number of nitrogens with zero attached hydrogens (tertiary/aromatic N) is 8. The summed E-state index contributed by atoms with van der Waals surface area (Å²) >= 11 is 0. The Morgan fingerprint density at radius 1 is 1.09 bits per heavy atom. The number of hydrogen-bond donors (Lipinski definition) is 0. The number of rotatable bonds is 7. The van der Waals surface area contributed by atoms with Gasteiger partial charge in [-0.05, 0) is 18.2 Å². The number of nitro groups is 2. The number of benzene rings is 1. The molecule has 0 N–H and O–H groups in total. The summed E-state index contributed by atoms with van der Waals surface area (Å²) in [5, 5.41) is 33.9. The summed E-state index contributed by atoms with van der Waals surface area (Å²) in [6.07, 6.45) is 2.57. The molecule has 1 aliphatic rings. The van der Waals surface area contributed by atoms with Crippen LogP contribution in [0.3, 0.4) is 0 Å². The van der Waals surface area contributed by atoms with Gasteiger partial charge in [-0.3, -0.25) is 29.9 Å². The first kappa shape index (κ1) is 20.3. The zero-order valence-corrected chi connectivity index (χ0v) is 16.0. The highest BCUT2D eigenvalue weighted by Gasteiger charge is 2.36. The lowest BCUT2D eigenvalue weighted by Crippen LogP contribution is -2.31. The zero-order chi connectivity index (χ0) is 22.8. The van der Waals surface area contributed by atoms with Crippen LogP contribution in [0.25, 0.3) is 5.69 Å². The molecular formula is C17H12N8O7. The Morgan fingerprint density at radius 2 is 1.84 bits per heavy atom. The zero-order valence-electron chi connectivity index (χ0n) is 16.0. The number of urea groups is 1. The molecule has 0 unspecified atom stereocenters. The van der Waals surface area contributed by atoms with Crippen LogP contribution in [0, 0.1) is 20.2 Å². The van der Waals surface area contributed by atoms with Crippen LogP contribution >= 0.6 is 0 Å². The van der Waals surface area contributed by atoms with Crippen LogP contribution in [0.1, 0.15) is 11.5 Å². The normalized spacial score (nSPS) is 14.0. The number of imide groups is 1. The van der Waals surface area contributed by atoms with Crippen molar-refractivity contribution in [1.29, 1.82) is 0 Å². The molecule has 32 heavy (non-hydrogen) atoms. The molecule has 0 aliphatic carbocycles. The maximum absolute atomic E-state index is 12.5. The van der Waals surface area contributed by atoms with Gasteiger partial charge in [0.15, 0.2) is 5.76 Å². The summed E-state index contributed by atoms with van der Waals surface area (Å²) in [4.78, 5) is 45.8. The van der Waals surface area contributed by atoms with E-state index in [2.05, 4.69) is 15.4 Å². The van der Waals surface area contributed by atoms with Crippen LogP contribution in [0.5, 0.6) is 0 Å². The van der Waals surface area contributed by atoms with Crippen molar-refractivity contribution in [2.24, 2.45) is 5.10 Å². The van der Waals surface area contributed by atoms with Gasteiger partial charge in [0.05, 0.1) is 35.6 Å². The molecule has 0 spiro atoms. The molecule has 1 saturated heterocycles. The molecule has 4 rings (SSSR count). The van der Waals surface area contributed by atoms with E-state index in [1.807, 2.05) is 0 Å². The second-order valence-corrected chi connectivity index (χ2v) is 6.43. The third-order valence-electron chi connectivity index (χ3n) is 4.34. The lowest BCUT2D eigenvalue weighted by Gasteiger charge is -2.11. The number of non-ortho nitro benzene ring substituents is 1. The average molecular weight is 440 g/mol. The Labute approximate surface area is 177 Å². The fourth-order valence-electron chi connectivity index (χ4n) is 2.80. The lowest BCUT2D eigenvalue weighted by atomic mass is 10.3. The first-order valence-corrected chi connectivity index (χ1v) is 8.88. The topological polar surface area (TPSA) is 183 Å². The van der Waals surface area contributed by atoms with Gasteiger partial charge < -0.3 is 4.42 Å². The fraction of sp³-hybridized carbons (Fsp3) is 0.118. The minimum Gasteiger partial charge on any atom is -0.400 e. The van der Waals surface area contributed by atoms with Gasteiger partial charge in [-0.15, -0.1) is 5.10 Å². The van der Waals surface area contributed by atoms with Crippen LogP contribution in [-0.4, -0.2) is 59.4 Å². The van der Waals surface area contributed by atoms with Crippen LogP contribution in [0.4, 0.5) is 16.4 Å². The molecule has 3 aromatic rings. The van der Waals surface area contributed by atoms with Gasteiger partial charge in [0.1, 0.15) is 17.2 Å². The SMILES string of the molecule is O=C1CN(/N=C/c2ccc([N+](=O)[O-])o2)C(=O)N1Cc1cn(-c2ccc([N+](=O)[O-])cc2)nn1. The van der Waals surface area contributed by atoms with E-state index in [0.29, 0.717) is 11.4 Å². The fourth-order valence-corrected chi connectivity index (χ4v) is 2.80. The number of amides is 3. The Bertz CT molecular complexity index is 1250. The van der Waals surface area contributed by atoms with E-state index < -0.39 is 27.7 Å². The highest BCUT2D eigenvalue weighted by atomic mass is 16.6. The van der Waals surface area contributed by atoms with E-state index in [0.717, 1.165) is 22.2 Å². The number of hydrazone groups is 1. The van der Waals surface area contributed by atoms with Gasteiger partial charge in [0.2, 0.25) is 0 Å². The largest absolute Gasteiger partial charge is 0.433 e. The number of nitro benzene ring substituents is 1. The van der Waals surface area contributed by atoms with Crippen LogP contribution in [0.15, 0.2) is 52.1 Å². The maximum Gasteiger partial charge on any atom is 0.433 e. The second kappa shape index (κ2) is 8.05. The van der Waals surface area contributed by atoms with Gasteiger partial charge in [0.25, 0.3) is 11.6 Å².